The van der Waals surface area contributed by atoms with Crippen LogP contribution in [0.3, 0.4) is 0 Å². The summed E-state index contributed by atoms with van der Waals surface area (Å²) in [4.78, 5) is 32.6. The van der Waals surface area contributed by atoms with Gasteiger partial charge in [-0.25, -0.2) is 0 Å². The zero-order chi connectivity index (χ0) is 20.8. The fourth-order valence-electron chi connectivity index (χ4n) is 3.69. The second-order valence-electron chi connectivity index (χ2n) is 7.48. The monoisotopic (exact) mass is 445 g/mol. The first kappa shape index (κ1) is 21.4. The van der Waals surface area contributed by atoms with E-state index in [-0.39, 0.29) is 11.8 Å². The number of carbonyl (C=O) groups is 2. The maximum atomic E-state index is 13.2. The molecular weight excluding hydrogens is 418 g/mol. The zero-order valence-electron chi connectivity index (χ0n) is 17.0. The molecule has 0 N–H and O–H groups in total. The lowest BCUT2D eigenvalue weighted by molar-refractivity contribution is -0.136. The lowest BCUT2D eigenvalue weighted by Crippen LogP contribution is -2.52. The Hall–Kier alpha value is -1.87. The van der Waals surface area contributed by atoms with E-state index in [2.05, 4.69) is 21.7 Å². The van der Waals surface area contributed by atoms with Gasteiger partial charge in [0, 0.05) is 49.9 Å². The van der Waals surface area contributed by atoms with Gasteiger partial charge < -0.3 is 14.5 Å². The third kappa shape index (κ3) is 5.43. The number of benzene rings is 1. The summed E-state index contributed by atoms with van der Waals surface area (Å²) in [7, 11) is 0. The van der Waals surface area contributed by atoms with Crippen molar-refractivity contribution in [2.75, 3.05) is 59.0 Å². The van der Waals surface area contributed by atoms with Crippen molar-refractivity contribution in [1.29, 1.82) is 0 Å². The Morgan fingerprint density at radius 1 is 0.967 bits per heavy atom. The largest absolute Gasteiger partial charge is 0.378 e. The maximum Gasteiger partial charge on any atom is 0.255 e. The first-order valence-corrected chi connectivity index (χ1v) is 12.2. The second kappa shape index (κ2) is 10.4. The molecule has 1 aromatic carbocycles. The second-order valence-corrected chi connectivity index (χ2v) is 9.28. The third-order valence-electron chi connectivity index (χ3n) is 5.47. The smallest absolute Gasteiger partial charge is 0.255 e. The van der Waals surface area contributed by atoms with Crippen molar-refractivity contribution in [2.45, 2.75) is 10.6 Å². The Labute approximate surface area is 185 Å². The van der Waals surface area contributed by atoms with Gasteiger partial charge in [-0.05, 0) is 34.5 Å². The van der Waals surface area contributed by atoms with Gasteiger partial charge in [0.25, 0.3) is 5.91 Å². The number of piperazine rings is 1. The minimum absolute atomic E-state index is 0.0857. The van der Waals surface area contributed by atoms with E-state index in [9.17, 15) is 9.59 Å². The molecule has 2 saturated heterocycles. The number of thiophene rings is 1. The number of carbonyl (C=O) groups excluding carboxylic acids is 2. The topological polar surface area (TPSA) is 53.1 Å². The van der Waals surface area contributed by atoms with E-state index in [0.717, 1.165) is 29.3 Å². The number of thioether (sulfide) groups is 1. The molecule has 30 heavy (non-hydrogen) atoms. The standard InChI is InChI=1S/C22H27N3O3S2/c26-21(24-10-12-28-13-11-24)15-23-6-8-25(9-7-23)22(27)19-3-1-2-4-20(19)30-17-18-5-14-29-16-18/h1-5,14,16H,6-13,15,17H2. The first-order valence-electron chi connectivity index (χ1n) is 10.3. The molecule has 4 rings (SSSR count). The Morgan fingerprint density at radius 2 is 1.73 bits per heavy atom. The van der Waals surface area contributed by atoms with Crippen molar-refractivity contribution in [1.82, 2.24) is 14.7 Å². The summed E-state index contributed by atoms with van der Waals surface area (Å²) in [5.74, 6) is 1.11. The van der Waals surface area contributed by atoms with Crippen LogP contribution in [-0.4, -0.2) is 85.5 Å². The van der Waals surface area contributed by atoms with Gasteiger partial charge in [0.2, 0.25) is 5.91 Å². The molecule has 0 radical (unpaired) electrons. The third-order valence-corrected chi connectivity index (χ3v) is 7.35. The van der Waals surface area contributed by atoms with Crippen LogP contribution in [0.2, 0.25) is 0 Å². The average molecular weight is 446 g/mol. The van der Waals surface area contributed by atoms with Gasteiger partial charge in [-0.1, -0.05) is 12.1 Å². The molecule has 2 aliphatic heterocycles. The lowest BCUT2D eigenvalue weighted by Gasteiger charge is -2.36. The molecule has 1 aromatic heterocycles. The number of morpholine rings is 1. The van der Waals surface area contributed by atoms with Gasteiger partial charge in [-0.3, -0.25) is 14.5 Å². The number of hydrogen-bond donors (Lipinski definition) is 0. The van der Waals surface area contributed by atoms with E-state index in [0.29, 0.717) is 45.9 Å². The van der Waals surface area contributed by atoms with Crippen molar-refractivity contribution in [3.8, 4) is 0 Å². The number of amides is 2. The van der Waals surface area contributed by atoms with Crippen LogP contribution in [0.5, 0.6) is 0 Å². The molecule has 160 valence electrons. The summed E-state index contributed by atoms with van der Waals surface area (Å²) >= 11 is 3.41. The van der Waals surface area contributed by atoms with Gasteiger partial charge in [0.1, 0.15) is 0 Å². The van der Waals surface area contributed by atoms with Crippen molar-refractivity contribution in [3.63, 3.8) is 0 Å². The zero-order valence-corrected chi connectivity index (χ0v) is 18.6. The molecule has 2 fully saturated rings. The van der Waals surface area contributed by atoms with Crippen LogP contribution in [0, 0.1) is 0 Å². The number of nitrogens with zero attached hydrogens (tertiary/aromatic N) is 3. The van der Waals surface area contributed by atoms with Gasteiger partial charge in [-0.2, -0.15) is 11.3 Å². The molecular formula is C22H27N3O3S2. The molecule has 8 heteroatoms. The van der Waals surface area contributed by atoms with Crippen LogP contribution >= 0.6 is 23.1 Å². The van der Waals surface area contributed by atoms with Crippen LogP contribution in [0.25, 0.3) is 0 Å². The van der Waals surface area contributed by atoms with Gasteiger partial charge in [-0.15, -0.1) is 11.8 Å². The number of hydrogen-bond acceptors (Lipinski definition) is 6. The Balaban J connectivity index is 1.30. The van der Waals surface area contributed by atoms with E-state index < -0.39 is 0 Å². The minimum atomic E-state index is 0.0857. The Morgan fingerprint density at radius 3 is 2.47 bits per heavy atom. The molecule has 2 aliphatic rings. The fourth-order valence-corrected chi connectivity index (χ4v) is 5.45. The highest BCUT2D eigenvalue weighted by Crippen LogP contribution is 2.28. The van der Waals surface area contributed by atoms with Crippen molar-refractivity contribution < 1.29 is 14.3 Å². The highest BCUT2D eigenvalue weighted by molar-refractivity contribution is 7.98. The SMILES string of the molecule is O=C(CN1CCN(C(=O)c2ccccc2SCc2ccsc2)CC1)N1CCOCC1. The van der Waals surface area contributed by atoms with Crippen molar-refractivity contribution in [2.24, 2.45) is 0 Å². The van der Waals surface area contributed by atoms with Crippen molar-refractivity contribution >= 4 is 34.9 Å². The summed E-state index contributed by atoms with van der Waals surface area (Å²) in [5.41, 5.74) is 2.06. The fraction of sp³-hybridized carbons (Fsp3) is 0.455. The molecule has 0 unspecified atom stereocenters. The predicted molar refractivity (Wildman–Crippen MR) is 120 cm³/mol. The molecule has 6 nitrogen and oxygen atoms in total. The molecule has 3 heterocycles. The summed E-state index contributed by atoms with van der Waals surface area (Å²) in [6.45, 7) is 5.79. The maximum absolute atomic E-state index is 13.2. The number of rotatable bonds is 6. The summed E-state index contributed by atoms with van der Waals surface area (Å²) < 4.78 is 5.32. The lowest BCUT2D eigenvalue weighted by atomic mass is 10.2. The molecule has 2 amide bonds. The van der Waals surface area contributed by atoms with E-state index in [1.807, 2.05) is 34.1 Å². The quantitative estimate of drug-likeness (QED) is 0.640. The molecule has 0 spiro atoms. The van der Waals surface area contributed by atoms with E-state index >= 15 is 0 Å². The summed E-state index contributed by atoms with van der Waals surface area (Å²) in [5, 5.41) is 4.23. The Bertz CT molecular complexity index is 845. The van der Waals surface area contributed by atoms with Crippen LogP contribution < -0.4 is 0 Å². The van der Waals surface area contributed by atoms with E-state index in [1.54, 1.807) is 23.1 Å². The highest BCUT2D eigenvalue weighted by Gasteiger charge is 2.26. The van der Waals surface area contributed by atoms with Gasteiger partial charge in [0.05, 0.1) is 25.3 Å². The predicted octanol–water partition coefficient (Wildman–Crippen LogP) is 2.66. The normalized spacial score (nSPS) is 17.9. The molecule has 0 saturated carbocycles. The van der Waals surface area contributed by atoms with Crippen molar-refractivity contribution in [3.05, 3.63) is 52.2 Å². The first-order chi connectivity index (χ1) is 14.7. The number of ether oxygens (including phenoxy) is 1. The van der Waals surface area contributed by atoms with E-state index in [1.165, 1.54) is 5.56 Å². The van der Waals surface area contributed by atoms with Crippen LogP contribution in [-0.2, 0) is 15.3 Å². The average Bonchev–Trinajstić information content (AvgIpc) is 3.32. The molecule has 0 aliphatic carbocycles. The Kier molecular flexibility index (Phi) is 7.43. The molecule has 2 aromatic rings. The molecule has 0 atom stereocenters. The van der Waals surface area contributed by atoms with E-state index in [4.69, 9.17) is 4.74 Å². The minimum Gasteiger partial charge on any atom is -0.378 e. The highest BCUT2D eigenvalue weighted by atomic mass is 32.2. The molecule has 0 bridgehead atoms. The van der Waals surface area contributed by atoms with Crippen LogP contribution in [0.4, 0.5) is 0 Å². The van der Waals surface area contributed by atoms with Crippen LogP contribution in [0.1, 0.15) is 15.9 Å². The summed E-state index contributed by atoms with van der Waals surface area (Å²) in [6, 6.07) is 9.99. The summed E-state index contributed by atoms with van der Waals surface area (Å²) in [6.07, 6.45) is 0. The van der Waals surface area contributed by atoms with Gasteiger partial charge >= 0.3 is 0 Å². The van der Waals surface area contributed by atoms with Gasteiger partial charge in [0.15, 0.2) is 0 Å². The van der Waals surface area contributed by atoms with Crippen LogP contribution in [0.15, 0.2) is 46.0 Å².